The summed E-state index contributed by atoms with van der Waals surface area (Å²) < 4.78 is 1.52. The van der Waals surface area contributed by atoms with E-state index in [4.69, 9.17) is 5.73 Å². The molecule has 0 atom stereocenters. The molecule has 0 fully saturated rings. The molecule has 1 rings (SSSR count). The number of amides is 1. The number of aryl methyl sites for hydroxylation is 1. The summed E-state index contributed by atoms with van der Waals surface area (Å²) in [6.07, 6.45) is 0. The molecule has 14 heavy (non-hydrogen) atoms. The molecule has 3 nitrogen and oxygen atoms in total. The van der Waals surface area contributed by atoms with Crippen LogP contribution in [0.25, 0.3) is 0 Å². The van der Waals surface area contributed by atoms with Crippen molar-refractivity contribution in [2.45, 2.75) is 13.8 Å². The number of halogens is 2. The Balaban J connectivity index is 3.29. The Kier molecular flexibility index (Phi) is 3.55. The van der Waals surface area contributed by atoms with Crippen molar-refractivity contribution in [3.8, 4) is 0 Å². The van der Waals surface area contributed by atoms with Crippen LogP contribution in [-0.4, -0.2) is 5.91 Å². The van der Waals surface area contributed by atoms with Gasteiger partial charge in [0.25, 0.3) is 0 Å². The Labute approximate surface area is 99.3 Å². The standard InChI is InChI=1S/C9H10Br2N2O/c1-4-3-6(10)8(12)7(11)9(4)13-5(2)14/h3H,12H2,1-2H3,(H,13,14). The predicted molar refractivity (Wildman–Crippen MR) is 65.3 cm³/mol. The third kappa shape index (κ3) is 2.27. The molecule has 0 spiro atoms. The van der Waals surface area contributed by atoms with Gasteiger partial charge in [0.15, 0.2) is 0 Å². The molecule has 0 heterocycles. The van der Waals surface area contributed by atoms with Gasteiger partial charge in [0.1, 0.15) is 0 Å². The number of nitrogens with two attached hydrogens (primary N) is 1. The lowest BCUT2D eigenvalue weighted by molar-refractivity contribution is -0.114. The van der Waals surface area contributed by atoms with Crippen LogP contribution in [0, 0.1) is 6.92 Å². The first-order valence-electron chi connectivity index (χ1n) is 3.95. The smallest absolute Gasteiger partial charge is 0.221 e. The first-order valence-corrected chi connectivity index (χ1v) is 5.53. The number of benzene rings is 1. The van der Waals surface area contributed by atoms with Crippen LogP contribution in [0.1, 0.15) is 12.5 Å². The first kappa shape index (κ1) is 11.5. The van der Waals surface area contributed by atoms with E-state index in [1.165, 1.54) is 6.92 Å². The molecule has 5 heteroatoms. The van der Waals surface area contributed by atoms with Crippen LogP contribution in [0.15, 0.2) is 15.0 Å². The Morgan fingerprint density at radius 2 is 2.07 bits per heavy atom. The number of carbonyl (C=O) groups is 1. The maximum absolute atomic E-state index is 10.9. The Morgan fingerprint density at radius 3 is 2.57 bits per heavy atom. The highest BCUT2D eigenvalue weighted by atomic mass is 79.9. The molecule has 3 N–H and O–H groups in total. The van der Waals surface area contributed by atoms with Crippen molar-refractivity contribution in [3.63, 3.8) is 0 Å². The fourth-order valence-corrected chi connectivity index (χ4v) is 2.52. The number of nitrogen functional groups attached to an aromatic ring is 1. The zero-order valence-corrected chi connectivity index (χ0v) is 11.0. The molecule has 0 aliphatic heterocycles. The molecule has 0 bridgehead atoms. The van der Waals surface area contributed by atoms with Crippen LogP contribution in [0.2, 0.25) is 0 Å². The van der Waals surface area contributed by atoms with Gasteiger partial charge in [0, 0.05) is 11.4 Å². The van der Waals surface area contributed by atoms with Gasteiger partial charge in [-0.25, -0.2) is 0 Å². The van der Waals surface area contributed by atoms with E-state index in [1.807, 2.05) is 13.0 Å². The van der Waals surface area contributed by atoms with Crippen molar-refractivity contribution in [1.82, 2.24) is 0 Å². The van der Waals surface area contributed by atoms with Gasteiger partial charge in [-0.3, -0.25) is 4.79 Å². The summed E-state index contributed by atoms with van der Waals surface area (Å²) in [5, 5.41) is 2.72. The van der Waals surface area contributed by atoms with Crippen LogP contribution in [0.4, 0.5) is 11.4 Å². The third-order valence-electron chi connectivity index (χ3n) is 1.75. The second-order valence-electron chi connectivity index (χ2n) is 2.96. The number of nitrogens with one attached hydrogen (secondary N) is 1. The maximum Gasteiger partial charge on any atom is 0.221 e. The fourth-order valence-electron chi connectivity index (χ4n) is 1.08. The fraction of sp³-hybridized carbons (Fsp3) is 0.222. The predicted octanol–water partition coefficient (Wildman–Crippen LogP) is 3.06. The lowest BCUT2D eigenvalue weighted by atomic mass is 10.2. The van der Waals surface area contributed by atoms with Crippen LogP contribution in [0.5, 0.6) is 0 Å². The molecule has 0 radical (unpaired) electrons. The molecular weight excluding hydrogens is 312 g/mol. The molecule has 1 amide bonds. The number of anilines is 2. The minimum Gasteiger partial charge on any atom is -0.397 e. The molecule has 76 valence electrons. The zero-order valence-electron chi connectivity index (χ0n) is 7.82. The number of carbonyl (C=O) groups excluding carboxylic acids is 1. The van der Waals surface area contributed by atoms with Crippen molar-refractivity contribution >= 4 is 49.1 Å². The van der Waals surface area contributed by atoms with Crippen molar-refractivity contribution in [1.29, 1.82) is 0 Å². The van der Waals surface area contributed by atoms with Crippen LogP contribution in [0.3, 0.4) is 0 Å². The molecule has 0 aromatic heterocycles. The topological polar surface area (TPSA) is 55.1 Å². The van der Waals surface area contributed by atoms with Crippen molar-refractivity contribution in [3.05, 3.63) is 20.6 Å². The van der Waals surface area contributed by atoms with E-state index in [0.717, 1.165) is 15.7 Å². The van der Waals surface area contributed by atoms with Gasteiger partial charge in [0.2, 0.25) is 5.91 Å². The van der Waals surface area contributed by atoms with Crippen LogP contribution < -0.4 is 11.1 Å². The molecule has 0 saturated heterocycles. The van der Waals surface area contributed by atoms with Crippen molar-refractivity contribution < 1.29 is 4.79 Å². The highest BCUT2D eigenvalue weighted by molar-refractivity contribution is 9.11. The van der Waals surface area contributed by atoms with E-state index < -0.39 is 0 Å². The average molecular weight is 322 g/mol. The molecule has 0 aliphatic carbocycles. The Bertz CT molecular complexity index is 391. The molecular formula is C9H10Br2N2O. The molecule has 1 aromatic carbocycles. The number of hydrogen-bond acceptors (Lipinski definition) is 2. The highest BCUT2D eigenvalue weighted by Gasteiger charge is 2.11. The molecule has 0 aliphatic rings. The van der Waals surface area contributed by atoms with E-state index in [9.17, 15) is 4.79 Å². The Morgan fingerprint density at radius 1 is 1.50 bits per heavy atom. The van der Waals surface area contributed by atoms with E-state index in [2.05, 4.69) is 37.2 Å². The van der Waals surface area contributed by atoms with Gasteiger partial charge in [-0.2, -0.15) is 0 Å². The number of rotatable bonds is 1. The summed E-state index contributed by atoms with van der Waals surface area (Å²) >= 11 is 6.67. The van der Waals surface area contributed by atoms with Crippen LogP contribution >= 0.6 is 31.9 Å². The van der Waals surface area contributed by atoms with Gasteiger partial charge in [-0.15, -0.1) is 0 Å². The summed E-state index contributed by atoms with van der Waals surface area (Å²) in [6.45, 7) is 3.37. The quantitative estimate of drug-likeness (QED) is 0.781. The second kappa shape index (κ2) is 4.31. The average Bonchev–Trinajstić information content (AvgIpc) is 2.09. The summed E-state index contributed by atoms with van der Waals surface area (Å²) in [4.78, 5) is 10.9. The SMILES string of the molecule is CC(=O)Nc1c(C)cc(Br)c(N)c1Br. The summed E-state index contributed by atoms with van der Waals surface area (Å²) in [5.74, 6) is -0.115. The second-order valence-corrected chi connectivity index (χ2v) is 4.61. The Hall–Kier alpha value is -0.550. The molecule has 0 saturated carbocycles. The molecule has 0 unspecified atom stereocenters. The maximum atomic E-state index is 10.9. The van der Waals surface area contributed by atoms with Gasteiger partial charge in [-0.05, 0) is 50.4 Å². The minimum atomic E-state index is -0.115. The molecule has 1 aromatic rings. The number of hydrogen-bond donors (Lipinski definition) is 2. The minimum absolute atomic E-state index is 0.115. The van der Waals surface area contributed by atoms with Gasteiger partial charge in [0.05, 0.1) is 15.8 Å². The van der Waals surface area contributed by atoms with Crippen molar-refractivity contribution in [2.75, 3.05) is 11.1 Å². The summed E-state index contributed by atoms with van der Waals surface area (Å²) in [7, 11) is 0. The van der Waals surface area contributed by atoms with Gasteiger partial charge in [-0.1, -0.05) is 0 Å². The van der Waals surface area contributed by atoms with Crippen LogP contribution in [-0.2, 0) is 4.79 Å². The van der Waals surface area contributed by atoms with E-state index in [-0.39, 0.29) is 5.91 Å². The van der Waals surface area contributed by atoms with E-state index in [0.29, 0.717) is 10.2 Å². The normalized spacial score (nSPS) is 10.0. The van der Waals surface area contributed by atoms with E-state index in [1.54, 1.807) is 0 Å². The third-order valence-corrected chi connectivity index (χ3v) is 3.23. The lowest BCUT2D eigenvalue weighted by Gasteiger charge is -2.12. The van der Waals surface area contributed by atoms with E-state index >= 15 is 0 Å². The summed E-state index contributed by atoms with van der Waals surface area (Å²) in [6, 6.07) is 1.87. The van der Waals surface area contributed by atoms with Crippen molar-refractivity contribution in [2.24, 2.45) is 0 Å². The van der Waals surface area contributed by atoms with Gasteiger partial charge < -0.3 is 11.1 Å². The summed E-state index contributed by atoms with van der Waals surface area (Å²) in [5.41, 5.74) is 8.04. The monoisotopic (exact) mass is 320 g/mol. The largest absolute Gasteiger partial charge is 0.397 e. The lowest BCUT2D eigenvalue weighted by Crippen LogP contribution is -2.09. The zero-order chi connectivity index (χ0) is 10.9. The highest BCUT2D eigenvalue weighted by Crippen LogP contribution is 2.37. The first-order chi connectivity index (χ1) is 6.43. The van der Waals surface area contributed by atoms with Gasteiger partial charge >= 0.3 is 0 Å².